The Morgan fingerprint density at radius 1 is 1.21 bits per heavy atom. The Morgan fingerprint density at radius 2 is 2.00 bits per heavy atom. The molecule has 2 amide bonds. The molecule has 0 aliphatic heterocycles. The number of nitrogens with one attached hydrogen (secondary N) is 1. The summed E-state index contributed by atoms with van der Waals surface area (Å²) in [6.07, 6.45) is 3.58. The highest BCUT2D eigenvalue weighted by Gasteiger charge is 2.23. The monoisotopic (exact) mass is 380 g/mol. The third kappa shape index (κ3) is 4.71. The topological polar surface area (TPSA) is 58.6 Å². The molecule has 0 heterocycles. The lowest BCUT2D eigenvalue weighted by Gasteiger charge is -2.26. The summed E-state index contributed by atoms with van der Waals surface area (Å²) in [6, 6.07) is 13.8. The van der Waals surface area contributed by atoms with Gasteiger partial charge in [0.25, 0.3) is 0 Å². The highest BCUT2D eigenvalue weighted by atomic mass is 16.5. The highest BCUT2D eigenvalue weighted by Crippen LogP contribution is 2.36. The fraction of sp³-hybridized carbons (Fsp3) is 0.391. The van der Waals surface area contributed by atoms with Crippen LogP contribution >= 0.6 is 0 Å². The van der Waals surface area contributed by atoms with Crippen LogP contribution < -0.4 is 10.1 Å². The van der Waals surface area contributed by atoms with Gasteiger partial charge in [-0.05, 0) is 60.1 Å². The molecule has 1 N–H and O–H groups in total. The molecule has 0 fully saturated rings. The minimum atomic E-state index is -0.00429. The van der Waals surface area contributed by atoms with Gasteiger partial charge in [0.05, 0.1) is 7.11 Å². The second kappa shape index (κ2) is 8.91. The van der Waals surface area contributed by atoms with Crippen LogP contribution in [0.5, 0.6) is 5.75 Å². The van der Waals surface area contributed by atoms with Gasteiger partial charge in [-0.3, -0.25) is 9.59 Å². The Labute approximate surface area is 166 Å². The van der Waals surface area contributed by atoms with Gasteiger partial charge in [0.15, 0.2) is 0 Å². The zero-order valence-corrected chi connectivity index (χ0v) is 16.8. The van der Waals surface area contributed by atoms with Gasteiger partial charge in [-0.2, -0.15) is 0 Å². The number of hydrogen-bond acceptors (Lipinski definition) is 3. The lowest BCUT2D eigenvalue weighted by molar-refractivity contribution is -0.128. The maximum atomic E-state index is 12.8. The third-order valence-corrected chi connectivity index (χ3v) is 5.46. The molecule has 0 radical (unpaired) electrons. The van der Waals surface area contributed by atoms with Crippen molar-refractivity contribution in [2.45, 2.75) is 45.1 Å². The van der Waals surface area contributed by atoms with Crippen molar-refractivity contribution in [2.75, 3.05) is 19.5 Å². The van der Waals surface area contributed by atoms with Gasteiger partial charge in [-0.15, -0.1) is 0 Å². The second-order valence-corrected chi connectivity index (χ2v) is 7.44. The number of methoxy groups -OCH3 is 1. The normalized spacial score (nSPS) is 15.5. The van der Waals surface area contributed by atoms with Crippen molar-refractivity contribution in [1.29, 1.82) is 0 Å². The van der Waals surface area contributed by atoms with Crippen molar-refractivity contribution in [2.24, 2.45) is 0 Å². The van der Waals surface area contributed by atoms with E-state index in [2.05, 4.69) is 17.4 Å². The minimum Gasteiger partial charge on any atom is -0.497 e. The molecule has 0 bridgehead atoms. The number of hydrogen-bond donors (Lipinski definition) is 1. The minimum absolute atomic E-state index is 0.00429. The van der Waals surface area contributed by atoms with Crippen LogP contribution in [0.15, 0.2) is 42.5 Å². The first-order chi connectivity index (χ1) is 13.5. The molecule has 0 aromatic heterocycles. The predicted octanol–water partition coefficient (Wildman–Crippen LogP) is 4.12. The molecule has 1 aliphatic carbocycles. The number of para-hydroxylation sites is 1. The van der Waals surface area contributed by atoms with E-state index in [0.29, 0.717) is 13.0 Å². The molecule has 1 atom stereocenters. The van der Waals surface area contributed by atoms with Gasteiger partial charge in [0, 0.05) is 32.6 Å². The lowest BCUT2D eigenvalue weighted by atomic mass is 9.81. The van der Waals surface area contributed by atoms with Gasteiger partial charge < -0.3 is 15.0 Å². The summed E-state index contributed by atoms with van der Waals surface area (Å²) >= 11 is 0. The average molecular weight is 380 g/mol. The number of fused-ring (bicyclic) bond motifs is 1. The van der Waals surface area contributed by atoms with Gasteiger partial charge in [0.2, 0.25) is 11.8 Å². The molecule has 1 unspecified atom stereocenters. The van der Waals surface area contributed by atoms with Crippen LogP contribution in [0.2, 0.25) is 0 Å². The first kappa shape index (κ1) is 19.9. The Balaban J connectivity index is 1.70. The number of carbonyl (C=O) groups is 2. The van der Waals surface area contributed by atoms with Gasteiger partial charge in [-0.1, -0.05) is 24.3 Å². The Morgan fingerprint density at radius 3 is 2.75 bits per heavy atom. The maximum Gasteiger partial charge on any atom is 0.224 e. The molecule has 0 saturated heterocycles. The van der Waals surface area contributed by atoms with Crippen molar-refractivity contribution in [3.8, 4) is 5.75 Å². The van der Waals surface area contributed by atoms with E-state index in [1.807, 2.05) is 30.3 Å². The number of aryl methyl sites for hydroxylation is 1. The van der Waals surface area contributed by atoms with E-state index < -0.39 is 0 Å². The Kier molecular flexibility index (Phi) is 6.34. The van der Waals surface area contributed by atoms with Crippen LogP contribution in [0.1, 0.15) is 48.8 Å². The van der Waals surface area contributed by atoms with E-state index >= 15 is 0 Å². The van der Waals surface area contributed by atoms with Crippen LogP contribution in [0, 0.1) is 0 Å². The summed E-state index contributed by atoms with van der Waals surface area (Å²) in [5, 5.41) is 3.05. The van der Waals surface area contributed by atoms with E-state index in [1.165, 1.54) is 18.1 Å². The predicted molar refractivity (Wildman–Crippen MR) is 111 cm³/mol. The van der Waals surface area contributed by atoms with Crippen LogP contribution in [0.25, 0.3) is 0 Å². The van der Waals surface area contributed by atoms with Gasteiger partial charge in [0.1, 0.15) is 5.75 Å². The first-order valence-corrected chi connectivity index (χ1v) is 9.74. The Bertz CT molecular complexity index is 863. The molecule has 5 nitrogen and oxygen atoms in total. The van der Waals surface area contributed by atoms with Crippen molar-refractivity contribution < 1.29 is 14.3 Å². The summed E-state index contributed by atoms with van der Waals surface area (Å²) in [5.41, 5.74) is 4.24. The van der Waals surface area contributed by atoms with Gasteiger partial charge >= 0.3 is 0 Å². The fourth-order valence-corrected chi connectivity index (χ4v) is 3.80. The molecule has 5 heteroatoms. The number of anilines is 1. The molecular formula is C23H28N2O3. The standard InChI is InChI=1S/C23H28N2O3/c1-16(26)25(2)15-19-7-4-5-10-22(19)24-23(27)14-18-9-6-8-17-13-20(28-3)11-12-21(17)18/h4-5,7,10-13,18H,6,8-9,14-15H2,1-3H3,(H,24,27). The number of carbonyl (C=O) groups excluding carboxylic acids is 2. The molecule has 0 spiro atoms. The largest absolute Gasteiger partial charge is 0.497 e. The summed E-state index contributed by atoms with van der Waals surface area (Å²) < 4.78 is 5.33. The maximum absolute atomic E-state index is 12.8. The number of benzene rings is 2. The highest BCUT2D eigenvalue weighted by molar-refractivity contribution is 5.92. The van der Waals surface area contributed by atoms with Crippen LogP contribution in [0.4, 0.5) is 5.69 Å². The summed E-state index contributed by atoms with van der Waals surface area (Å²) in [7, 11) is 3.44. The molecule has 0 saturated carbocycles. The van der Waals surface area contributed by atoms with Crippen molar-refractivity contribution in [3.05, 3.63) is 59.2 Å². The van der Waals surface area contributed by atoms with E-state index in [9.17, 15) is 9.59 Å². The summed E-state index contributed by atoms with van der Waals surface area (Å²) in [4.78, 5) is 25.9. The number of nitrogens with zero attached hydrogens (tertiary/aromatic N) is 1. The average Bonchev–Trinajstić information content (AvgIpc) is 2.69. The zero-order chi connectivity index (χ0) is 20.1. The van der Waals surface area contributed by atoms with E-state index in [-0.39, 0.29) is 17.7 Å². The summed E-state index contributed by atoms with van der Waals surface area (Å²) in [6.45, 7) is 2.01. The quantitative estimate of drug-likeness (QED) is 0.820. The van der Waals surface area contributed by atoms with E-state index in [1.54, 1.807) is 19.1 Å². The van der Waals surface area contributed by atoms with Crippen LogP contribution in [-0.2, 0) is 22.6 Å². The number of ether oxygens (including phenoxy) is 1. The van der Waals surface area contributed by atoms with E-state index in [0.717, 1.165) is 36.3 Å². The summed E-state index contributed by atoms with van der Waals surface area (Å²) in [5.74, 6) is 1.09. The smallest absolute Gasteiger partial charge is 0.224 e. The van der Waals surface area contributed by atoms with Crippen molar-refractivity contribution in [3.63, 3.8) is 0 Å². The van der Waals surface area contributed by atoms with Gasteiger partial charge in [-0.25, -0.2) is 0 Å². The zero-order valence-electron chi connectivity index (χ0n) is 16.8. The number of amides is 2. The molecule has 2 aromatic carbocycles. The van der Waals surface area contributed by atoms with Crippen molar-refractivity contribution >= 4 is 17.5 Å². The lowest BCUT2D eigenvalue weighted by Crippen LogP contribution is -2.24. The van der Waals surface area contributed by atoms with Crippen LogP contribution in [-0.4, -0.2) is 30.9 Å². The third-order valence-electron chi connectivity index (χ3n) is 5.46. The molecule has 1 aliphatic rings. The SMILES string of the molecule is COc1ccc2c(c1)CCCC2CC(=O)Nc1ccccc1CN(C)C(C)=O. The Hall–Kier alpha value is -2.82. The molecule has 3 rings (SSSR count). The second-order valence-electron chi connectivity index (χ2n) is 7.44. The first-order valence-electron chi connectivity index (χ1n) is 9.74. The molecule has 28 heavy (non-hydrogen) atoms. The molecular weight excluding hydrogens is 352 g/mol. The molecule has 148 valence electrons. The van der Waals surface area contributed by atoms with Crippen molar-refractivity contribution in [1.82, 2.24) is 4.90 Å². The fourth-order valence-electron chi connectivity index (χ4n) is 3.80. The van der Waals surface area contributed by atoms with Crippen LogP contribution in [0.3, 0.4) is 0 Å². The van der Waals surface area contributed by atoms with E-state index in [4.69, 9.17) is 4.74 Å². The number of rotatable bonds is 6. The molecule has 2 aromatic rings.